The molecule has 11 nitrogen and oxygen atoms in total. The number of rotatable bonds is 10. The lowest BCUT2D eigenvalue weighted by atomic mass is 10.0. The first-order valence-electron chi connectivity index (χ1n) is 11.7. The molecule has 1 aliphatic rings. The van der Waals surface area contributed by atoms with Crippen LogP contribution >= 0.6 is 0 Å². The summed E-state index contributed by atoms with van der Waals surface area (Å²) >= 11 is 0. The third-order valence-electron chi connectivity index (χ3n) is 5.55. The van der Waals surface area contributed by atoms with Crippen LogP contribution in [0, 0.1) is 0 Å². The summed E-state index contributed by atoms with van der Waals surface area (Å²) in [6.07, 6.45) is 8.78. The van der Waals surface area contributed by atoms with E-state index in [1.807, 2.05) is 0 Å². The number of hydrogen-bond acceptors (Lipinski definition) is 9. The van der Waals surface area contributed by atoms with Gasteiger partial charge in [-0.1, -0.05) is 6.07 Å². The van der Waals surface area contributed by atoms with Crippen molar-refractivity contribution in [3.8, 4) is 0 Å². The Morgan fingerprint density at radius 2 is 1.86 bits per heavy atom. The van der Waals surface area contributed by atoms with Crippen molar-refractivity contribution >= 4 is 35.0 Å². The zero-order valence-corrected chi connectivity index (χ0v) is 20.1. The van der Waals surface area contributed by atoms with Crippen LogP contribution in [0.25, 0.3) is 0 Å². The van der Waals surface area contributed by atoms with Crippen molar-refractivity contribution in [3.05, 3.63) is 65.6 Å². The number of nitrogens with one attached hydrogen (secondary N) is 3. The molecule has 1 aliphatic carbocycles. The highest BCUT2D eigenvalue weighted by Gasteiger charge is 2.28. The maximum atomic E-state index is 13.4. The van der Waals surface area contributed by atoms with Gasteiger partial charge in [0, 0.05) is 19.4 Å². The van der Waals surface area contributed by atoms with Crippen molar-refractivity contribution in [3.63, 3.8) is 0 Å². The highest BCUT2D eigenvalue weighted by molar-refractivity contribution is 6.10. The highest BCUT2D eigenvalue weighted by Crippen LogP contribution is 2.39. The van der Waals surface area contributed by atoms with Crippen LogP contribution in [0.2, 0.25) is 0 Å². The molecule has 4 rings (SSSR count). The van der Waals surface area contributed by atoms with Crippen LogP contribution in [0.3, 0.4) is 0 Å². The standard InChI is InChI=1S/C25H27N7O4/c1-3-36-21(33)9-5-15-4-8-19(18(10-15)24(34)26-2)32-25(35)22-23(30-17-11-27-14-28-12-17)29-13-20(31-22)16-6-7-16/h4,8,10-14,16H,3,5-7,9H2,1-2H3,(H,26,34)(H,29,30)(H,32,35). The van der Waals surface area contributed by atoms with E-state index in [1.165, 1.54) is 13.4 Å². The number of ether oxygens (including phenoxy) is 1. The van der Waals surface area contributed by atoms with Crippen LogP contribution in [0.5, 0.6) is 0 Å². The van der Waals surface area contributed by atoms with E-state index in [2.05, 4.69) is 35.9 Å². The van der Waals surface area contributed by atoms with Crippen LogP contribution in [0.15, 0.2) is 43.1 Å². The molecule has 0 aliphatic heterocycles. The van der Waals surface area contributed by atoms with E-state index >= 15 is 0 Å². The number of carbonyl (C=O) groups is 3. The molecule has 3 N–H and O–H groups in total. The molecule has 2 amide bonds. The Labute approximate surface area is 208 Å². The Morgan fingerprint density at radius 1 is 1.08 bits per heavy atom. The molecule has 0 saturated heterocycles. The summed E-state index contributed by atoms with van der Waals surface area (Å²) in [6, 6.07) is 5.05. The molecule has 0 spiro atoms. The predicted octanol–water partition coefficient (Wildman–Crippen LogP) is 3.00. The second-order valence-electron chi connectivity index (χ2n) is 8.24. The van der Waals surface area contributed by atoms with E-state index in [4.69, 9.17) is 4.74 Å². The van der Waals surface area contributed by atoms with Crippen molar-refractivity contribution in [1.82, 2.24) is 25.3 Å². The molecule has 1 fully saturated rings. The average molecular weight is 490 g/mol. The van der Waals surface area contributed by atoms with Gasteiger partial charge in [0.05, 0.1) is 47.8 Å². The summed E-state index contributed by atoms with van der Waals surface area (Å²) in [4.78, 5) is 54.6. The summed E-state index contributed by atoms with van der Waals surface area (Å²) in [7, 11) is 1.51. The summed E-state index contributed by atoms with van der Waals surface area (Å²) in [5, 5.41) is 8.43. The van der Waals surface area contributed by atoms with Gasteiger partial charge in [-0.05, 0) is 43.9 Å². The van der Waals surface area contributed by atoms with Gasteiger partial charge >= 0.3 is 5.97 Å². The van der Waals surface area contributed by atoms with Gasteiger partial charge in [0.15, 0.2) is 11.5 Å². The summed E-state index contributed by atoms with van der Waals surface area (Å²) in [5.41, 5.74) is 2.74. The number of anilines is 3. The Hall–Kier alpha value is -4.41. The molecular weight excluding hydrogens is 462 g/mol. The van der Waals surface area contributed by atoms with Crippen LogP contribution in [-0.2, 0) is 16.0 Å². The SMILES string of the molecule is CCOC(=O)CCc1ccc(NC(=O)c2nc(C3CC3)cnc2Nc2cncnc2)c(C(=O)NC)c1. The lowest BCUT2D eigenvalue weighted by molar-refractivity contribution is -0.143. The molecule has 186 valence electrons. The van der Waals surface area contributed by atoms with Crippen LogP contribution < -0.4 is 16.0 Å². The molecule has 1 saturated carbocycles. The van der Waals surface area contributed by atoms with E-state index in [9.17, 15) is 14.4 Å². The molecule has 0 unspecified atom stereocenters. The van der Waals surface area contributed by atoms with Gasteiger partial charge in [0.2, 0.25) is 0 Å². The highest BCUT2D eigenvalue weighted by atomic mass is 16.5. The maximum Gasteiger partial charge on any atom is 0.306 e. The molecule has 0 radical (unpaired) electrons. The third kappa shape index (κ3) is 6.17. The average Bonchev–Trinajstić information content (AvgIpc) is 3.74. The first kappa shape index (κ1) is 24.7. The Bertz CT molecular complexity index is 1260. The lowest BCUT2D eigenvalue weighted by Crippen LogP contribution is -2.23. The first-order valence-corrected chi connectivity index (χ1v) is 11.7. The minimum absolute atomic E-state index is 0.0949. The van der Waals surface area contributed by atoms with Gasteiger partial charge < -0.3 is 20.7 Å². The van der Waals surface area contributed by atoms with Gasteiger partial charge in [-0.2, -0.15) is 0 Å². The molecule has 3 aromatic rings. The fourth-order valence-corrected chi connectivity index (χ4v) is 3.57. The smallest absolute Gasteiger partial charge is 0.306 e. The van der Waals surface area contributed by atoms with Gasteiger partial charge in [0.25, 0.3) is 11.8 Å². The van der Waals surface area contributed by atoms with E-state index in [0.29, 0.717) is 30.3 Å². The Morgan fingerprint density at radius 3 is 2.56 bits per heavy atom. The number of aromatic nitrogens is 4. The van der Waals surface area contributed by atoms with Crippen molar-refractivity contribution in [2.24, 2.45) is 0 Å². The minimum atomic E-state index is -0.520. The van der Waals surface area contributed by atoms with Gasteiger partial charge in [-0.15, -0.1) is 0 Å². The first-order chi connectivity index (χ1) is 17.5. The van der Waals surface area contributed by atoms with Crippen molar-refractivity contribution in [2.45, 2.75) is 38.5 Å². The molecular formula is C25H27N7O4. The lowest BCUT2D eigenvalue weighted by Gasteiger charge is -2.14. The Kier molecular flexibility index (Phi) is 7.79. The molecule has 2 aromatic heterocycles. The summed E-state index contributed by atoms with van der Waals surface area (Å²) in [5.74, 6) is -0.665. The van der Waals surface area contributed by atoms with Crippen molar-refractivity contribution in [2.75, 3.05) is 24.3 Å². The maximum absolute atomic E-state index is 13.4. The van der Waals surface area contributed by atoms with E-state index in [0.717, 1.165) is 24.1 Å². The van der Waals surface area contributed by atoms with Gasteiger partial charge in [-0.3, -0.25) is 14.4 Å². The second-order valence-corrected chi connectivity index (χ2v) is 8.24. The fourth-order valence-electron chi connectivity index (χ4n) is 3.57. The van der Waals surface area contributed by atoms with E-state index in [-0.39, 0.29) is 35.4 Å². The number of benzene rings is 1. The minimum Gasteiger partial charge on any atom is -0.466 e. The molecule has 36 heavy (non-hydrogen) atoms. The fraction of sp³-hybridized carbons (Fsp3) is 0.320. The molecule has 1 aromatic carbocycles. The Balaban J connectivity index is 1.60. The number of carbonyl (C=O) groups excluding carboxylic acids is 3. The van der Waals surface area contributed by atoms with Crippen LogP contribution in [0.4, 0.5) is 17.2 Å². The number of aryl methyl sites for hydroxylation is 1. The zero-order chi connectivity index (χ0) is 25.5. The quantitative estimate of drug-likeness (QED) is 0.365. The number of amides is 2. The topological polar surface area (TPSA) is 148 Å². The van der Waals surface area contributed by atoms with Crippen LogP contribution in [-0.4, -0.2) is 51.4 Å². The molecule has 0 atom stereocenters. The van der Waals surface area contributed by atoms with Gasteiger partial charge in [-0.25, -0.2) is 19.9 Å². The monoisotopic (exact) mass is 489 g/mol. The largest absolute Gasteiger partial charge is 0.466 e. The normalized spacial score (nSPS) is 12.5. The third-order valence-corrected chi connectivity index (χ3v) is 5.55. The summed E-state index contributed by atoms with van der Waals surface area (Å²) in [6.45, 7) is 2.06. The predicted molar refractivity (Wildman–Crippen MR) is 132 cm³/mol. The van der Waals surface area contributed by atoms with E-state index in [1.54, 1.807) is 43.7 Å². The second kappa shape index (κ2) is 11.3. The van der Waals surface area contributed by atoms with E-state index < -0.39 is 5.91 Å². The number of esters is 1. The molecule has 2 heterocycles. The summed E-state index contributed by atoms with van der Waals surface area (Å²) < 4.78 is 4.97. The molecule has 11 heteroatoms. The van der Waals surface area contributed by atoms with Crippen molar-refractivity contribution in [1.29, 1.82) is 0 Å². The van der Waals surface area contributed by atoms with Crippen molar-refractivity contribution < 1.29 is 19.1 Å². The van der Waals surface area contributed by atoms with Gasteiger partial charge in [0.1, 0.15) is 6.33 Å². The number of nitrogens with zero attached hydrogens (tertiary/aromatic N) is 4. The van der Waals surface area contributed by atoms with Crippen LogP contribution in [0.1, 0.15) is 64.2 Å². The molecule has 0 bridgehead atoms. The zero-order valence-electron chi connectivity index (χ0n) is 20.1. The number of hydrogen-bond donors (Lipinski definition) is 3.